The van der Waals surface area contributed by atoms with Crippen molar-refractivity contribution in [2.24, 2.45) is 18.9 Å². The van der Waals surface area contributed by atoms with Crippen LogP contribution in [0.25, 0.3) is 0 Å². The number of nitrogens with zero attached hydrogens (tertiary/aromatic N) is 3. The Labute approximate surface area is 137 Å². The monoisotopic (exact) mass is 343 g/mol. The van der Waals surface area contributed by atoms with E-state index in [-0.39, 0.29) is 43.3 Å². The van der Waals surface area contributed by atoms with Gasteiger partial charge in [0.25, 0.3) is 5.56 Å². The molecule has 1 aromatic heterocycles. The molecule has 1 fully saturated rings. The minimum Gasteiger partial charge on any atom is -0.342 e. The molecule has 1 amide bonds. The van der Waals surface area contributed by atoms with Crippen LogP contribution in [0.5, 0.6) is 0 Å². The van der Waals surface area contributed by atoms with E-state index in [2.05, 4.69) is 5.10 Å². The molecule has 0 spiro atoms. The number of halogens is 3. The predicted molar refractivity (Wildman–Crippen MR) is 80.4 cm³/mol. The number of aryl methyl sites for hydroxylation is 2. The fraction of sp³-hybridized carbons (Fsp3) is 0.688. The highest BCUT2D eigenvalue weighted by atomic mass is 19.4. The van der Waals surface area contributed by atoms with Gasteiger partial charge in [-0.25, -0.2) is 4.68 Å². The number of hydrogen-bond acceptors (Lipinski definition) is 3. The lowest BCUT2D eigenvalue weighted by Crippen LogP contribution is -2.45. The Morgan fingerprint density at radius 2 is 1.92 bits per heavy atom. The molecule has 2 heterocycles. The number of alkyl halides is 3. The lowest BCUT2D eigenvalue weighted by atomic mass is 9.85. The molecule has 2 aliphatic rings. The summed E-state index contributed by atoms with van der Waals surface area (Å²) in [6.45, 7) is 0.308. The number of carbonyl (C=O) groups is 1. The number of likely N-dealkylation sites (tertiary alicyclic amines) is 1. The fourth-order valence-electron chi connectivity index (χ4n) is 3.58. The molecular formula is C16H20F3N3O2. The molecule has 0 radical (unpaired) electrons. The Morgan fingerprint density at radius 1 is 1.25 bits per heavy atom. The first-order valence-electron chi connectivity index (χ1n) is 8.17. The topological polar surface area (TPSA) is 55.2 Å². The van der Waals surface area contributed by atoms with Crippen LogP contribution in [0, 0.1) is 11.8 Å². The van der Waals surface area contributed by atoms with Gasteiger partial charge in [-0.2, -0.15) is 18.3 Å². The summed E-state index contributed by atoms with van der Waals surface area (Å²) in [6.07, 6.45) is -2.56. The van der Waals surface area contributed by atoms with Crippen LogP contribution in [-0.2, 0) is 24.7 Å². The Hall–Kier alpha value is -1.86. The van der Waals surface area contributed by atoms with Crippen molar-refractivity contribution >= 4 is 5.91 Å². The number of fused-ring (bicyclic) bond motifs is 1. The average Bonchev–Trinajstić information content (AvgIpc) is 2.54. The molecule has 8 heteroatoms. The second kappa shape index (κ2) is 6.22. The van der Waals surface area contributed by atoms with Gasteiger partial charge >= 0.3 is 6.18 Å². The lowest BCUT2D eigenvalue weighted by molar-refractivity contribution is -0.187. The normalized spacial score (nSPS) is 22.3. The van der Waals surface area contributed by atoms with Crippen molar-refractivity contribution in [3.05, 3.63) is 27.7 Å². The molecule has 3 rings (SSSR count). The summed E-state index contributed by atoms with van der Waals surface area (Å²) in [4.78, 5) is 25.9. The van der Waals surface area contributed by atoms with Gasteiger partial charge in [-0.15, -0.1) is 0 Å². The summed E-state index contributed by atoms with van der Waals surface area (Å²) in [7, 11) is 1.59. The molecule has 0 N–H and O–H groups in total. The molecule has 1 unspecified atom stereocenters. The zero-order valence-corrected chi connectivity index (χ0v) is 13.5. The van der Waals surface area contributed by atoms with Gasteiger partial charge < -0.3 is 4.90 Å². The zero-order valence-electron chi connectivity index (χ0n) is 13.5. The molecule has 0 bridgehead atoms. The van der Waals surface area contributed by atoms with E-state index in [4.69, 9.17) is 0 Å². The standard InChI is InChI=1S/C16H20F3N3O2/c1-21-14(23)9-11-8-10(2-3-13(11)20-21)15(24)22-6-4-12(5-7-22)16(17,18)19/h9-10,12H,2-8H2,1H3. The minimum absolute atomic E-state index is 0.0271. The van der Waals surface area contributed by atoms with E-state index in [0.717, 1.165) is 11.3 Å². The van der Waals surface area contributed by atoms with Gasteiger partial charge in [0.2, 0.25) is 5.91 Å². The first-order valence-corrected chi connectivity index (χ1v) is 8.17. The van der Waals surface area contributed by atoms with Crippen LogP contribution in [0.15, 0.2) is 10.9 Å². The highest BCUT2D eigenvalue weighted by molar-refractivity contribution is 5.79. The zero-order chi connectivity index (χ0) is 17.5. The van der Waals surface area contributed by atoms with Gasteiger partial charge in [-0.3, -0.25) is 9.59 Å². The molecule has 132 valence electrons. The van der Waals surface area contributed by atoms with Gasteiger partial charge in [0.05, 0.1) is 11.6 Å². The SMILES string of the molecule is Cn1nc2c(cc1=O)CC(C(=O)N1CCC(C(F)(F)F)CC1)CC2. The maximum Gasteiger partial charge on any atom is 0.391 e. The number of hydrogen-bond donors (Lipinski definition) is 0. The van der Waals surface area contributed by atoms with E-state index < -0.39 is 12.1 Å². The van der Waals surface area contributed by atoms with E-state index in [0.29, 0.717) is 19.3 Å². The summed E-state index contributed by atoms with van der Waals surface area (Å²) in [5.74, 6) is -1.67. The average molecular weight is 343 g/mol. The summed E-state index contributed by atoms with van der Waals surface area (Å²) in [5, 5.41) is 4.21. The van der Waals surface area contributed by atoms with Crippen LogP contribution in [0.4, 0.5) is 13.2 Å². The van der Waals surface area contributed by atoms with E-state index in [9.17, 15) is 22.8 Å². The highest BCUT2D eigenvalue weighted by Gasteiger charge is 2.42. The van der Waals surface area contributed by atoms with E-state index in [1.165, 1.54) is 10.7 Å². The van der Waals surface area contributed by atoms with Gasteiger partial charge in [0, 0.05) is 32.1 Å². The third kappa shape index (κ3) is 3.32. The van der Waals surface area contributed by atoms with Crippen LogP contribution < -0.4 is 5.56 Å². The number of rotatable bonds is 1. The molecule has 1 aliphatic carbocycles. The van der Waals surface area contributed by atoms with Crippen molar-refractivity contribution in [2.45, 2.75) is 38.3 Å². The van der Waals surface area contributed by atoms with Crippen molar-refractivity contribution in [2.75, 3.05) is 13.1 Å². The van der Waals surface area contributed by atoms with Crippen LogP contribution in [-0.4, -0.2) is 39.9 Å². The first-order chi connectivity index (χ1) is 11.3. The summed E-state index contributed by atoms with van der Waals surface area (Å²) in [6, 6.07) is 1.51. The van der Waals surface area contributed by atoms with Crippen LogP contribution in [0.1, 0.15) is 30.5 Å². The maximum absolute atomic E-state index is 12.7. The molecular weight excluding hydrogens is 323 g/mol. The molecule has 0 aromatic carbocycles. The smallest absolute Gasteiger partial charge is 0.342 e. The predicted octanol–water partition coefficient (Wildman–Crippen LogP) is 1.69. The molecule has 1 atom stereocenters. The van der Waals surface area contributed by atoms with E-state index in [1.807, 2.05) is 0 Å². The second-order valence-electron chi connectivity index (χ2n) is 6.66. The lowest BCUT2D eigenvalue weighted by Gasteiger charge is -2.35. The van der Waals surface area contributed by atoms with Gasteiger partial charge in [0.15, 0.2) is 0 Å². The fourth-order valence-corrected chi connectivity index (χ4v) is 3.58. The first kappa shape index (κ1) is 17.0. The number of aromatic nitrogens is 2. The Kier molecular flexibility index (Phi) is 4.40. The molecule has 1 saturated heterocycles. The van der Waals surface area contributed by atoms with Crippen molar-refractivity contribution < 1.29 is 18.0 Å². The largest absolute Gasteiger partial charge is 0.391 e. The van der Waals surface area contributed by atoms with Gasteiger partial charge in [-0.05, 0) is 37.7 Å². The third-order valence-corrected chi connectivity index (χ3v) is 5.07. The number of amides is 1. The molecule has 0 saturated carbocycles. The van der Waals surface area contributed by atoms with E-state index >= 15 is 0 Å². The Morgan fingerprint density at radius 3 is 2.54 bits per heavy atom. The second-order valence-corrected chi connectivity index (χ2v) is 6.66. The van der Waals surface area contributed by atoms with E-state index in [1.54, 1.807) is 11.9 Å². The van der Waals surface area contributed by atoms with Crippen LogP contribution in [0.3, 0.4) is 0 Å². The van der Waals surface area contributed by atoms with Gasteiger partial charge in [0.1, 0.15) is 0 Å². The van der Waals surface area contributed by atoms with Crippen molar-refractivity contribution in [1.82, 2.24) is 14.7 Å². The Bertz CT molecular complexity index is 691. The highest BCUT2D eigenvalue weighted by Crippen LogP contribution is 2.35. The molecule has 1 aliphatic heterocycles. The quantitative estimate of drug-likeness (QED) is 0.780. The molecule has 24 heavy (non-hydrogen) atoms. The van der Waals surface area contributed by atoms with Gasteiger partial charge in [-0.1, -0.05) is 0 Å². The summed E-state index contributed by atoms with van der Waals surface area (Å²) in [5.41, 5.74) is 1.40. The third-order valence-electron chi connectivity index (χ3n) is 5.07. The minimum atomic E-state index is -4.18. The van der Waals surface area contributed by atoms with Crippen molar-refractivity contribution in [1.29, 1.82) is 0 Å². The Balaban J connectivity index is 1.65. The van der Waals surface area contributed by atoms with Crippen molar-refractivity contribution in [3.8, 4) is 0 Å². The van der Waals surface area contributed by atoms with Crippen LogP contribution >= 0.6 is 0 Å². The summed E-state index contributed by atoms with van der Waals surface area (Å²) < 4.78 is 39.4. The molecule has 1 aromatic rings. The molecule has 5 nitrogen and oxygen atoms in total. The van der Waals surface area contributed by atoms with Crippen LogP contribution in [0.2, 0.25) is 0 Å². The maximum atomic E-state index is 12.7. The summed E-state index contributed by atoms with van der Waals surface area (Å²) >= 11 is 0. The number of carbonyl (C=O) groups excluding carboxylic acids is 1. The number of piperidine rings is 1. The van der Waals surface area contributed by atoms with Crippen molar-refractivity contribution in [3.63, 3.8) is 0 Å².